The largest absolute Gasteiger partial charge is 0.324 e. The molecule has 0 fully saturated rings. The number of unbranched alkanes of at least 4 members (excludes halogenated alkanes) is 2. The fraction of sp³-hybridized carbons (Fsp3) is 0.533. The standard InChI is InChI=1S/C15H22F2N2O3S/c1-3-5-6-7-15(20)18-13-10-14(12(17)9-11(13)16)19-23(21,22)8-4-2/h9-10,19H,3-8H2,1-2H3,(H,18,20). The van der Waals surface area contributed by atoms with Gasteiger partial charge < -0.3 is 5.32 Å². The van der Waals surface area contributed by atoms with Crippen LogP contribution < -0.4 is 10.0 Å². The van der Waals surface area contributed by atoms with E-state index in [1.54, 1.807) is 6.92 Å². The van der Waals surface area contributed by atoms with Gasteiger partial charge in [-0.1, -0.05) is 26.7 Å². The molecule has 0 bridgehead atoms. The summed E-state index contributed by atoms with van der Waals surface area (Å²) in [6.45, 7) is 3.66. The topological polar surface area (TPSA) is 75.3 Å². The number of halogens is 2. The predicted molar refractivity (Wildman–Crippen MR) is 86.8 cm³/mol. The third-order valence-electron chi connectivity index (χ3n) is 3.08. The molecule has 0 atom stereocenters. The highest BCUT2D eigenvalue weighted by molar-refractivity contribution is 7.92. The molecule has 1 amide bonds. The van der Waals surface area contributed by atoms with Gasteiger partial charge in [-0.3, -0.25) is 9.52 Å². The molecule has 0 saturated heterocycles. The summed E-state index contributed by atoms with van der Waals surface area (Å²) in [5.74, 6) is -2.56. The zero-order valence-electron chi connectivity index (χ0n) is 13.3. The van der Waals surface area contributed by atoms with Gasteiger partial charge in [0.25, 0.3) is 0 Å². The van der Waals surface area contributed by atoms with Crippen molar-refractivity contribution in [1.29, 1.82) is 0 Å². The van der Waals surface area contributed by atoms with Crippen molar-refractivity contribution < 1.29 is 22.0 Å². The summed E-state index contributed by atoms with van der Waals surface area (Å²) in [5, 5.41) is 2.34. The molecule has 0 radical (unpaired) electrons. The van der Waals surface area contributed by atoms with Crippen LogP contribution in [0.1, 0.15) is 46.0 Å². The average molecular weight is 348 g/mol. The van der Waals surface area contributed by atoms with Crippen molar-refractivity contribution >= 4 is 27.3 Å². The molecular formula is C15H22F2N2O3S. The van der Waals surface area contributed by atoms with Crippen LogP contribution in [0.2, 0.25) is 0 Å². The van der Waals surface area contributed by atoms with Gasteiger partial charge in [0.1, 0.15) is 11.6 Å². The highest BCUT2D eigenvalue weighted by Crippen LogP contribution is 2.24. The van der Waals surface area contributed by atoms with Gasteiger partial charge in [0.15, 0.2) is 0 Å². The number of carbonyl (C=O) groups is 1. The van der Waals surface area contributed by atoms with Crippen molar-refractivity contribution in [1.82, 2.24) is 0 Å². The Labute approximate surface area is 135 Å². The minimum atomic E-state index is -3.71. The monoisotopic (exact) mass is 348 g/mol. The van der Waals surface area contributed by atoms with E-state index < -0.39 is 27.6 Å². The maximum atomic E-state index is 13.7. The molecule has 0 aliphatic rings. The van der Waals surface area contributed by atoms with Crippen LogP contribution in [0.5, 0.6) is 0 Å². The first-order chi connectivity index (χ1) is 10.8. The molecule has 1 aromatic carbocycles. The second kappa shape index (κ2) is 8.81. The fourth-order valence-electron chi connectivity index (χ4n) is 1.96. The van der Waals surface area contributed by atoms with Crippen LogP contribution in [-0.2, 0) is 14.8 Å². The van der Waals surface area contributed by atoms with E-state index in [1.807, 2.05) is 6.92 Å². The average Bonchev–Trinajstić information content (AvgIpc) is 2.44. The molecule has 5 nitrogen and oxygen atoms in total. The van der Waals surface area contributed by atoms with Crippen LogP contribution in [0.15, 0.2) is 12.1 Å². The summed E-state index contributed by atoms with van der Waals surface area (Å²) in [7, 11) is -3.71. The van der Waals surface area contributed by atoms with Crippen LogP contribution in [0.25, 0.3) is 0 Å². The molecule has 0 heterocycles. The van der Waals surface area contributed by atoms with Crippen LogP contribution in [0.3, 0.4) is 0 Å². The Balaban J connectivity index is 2.89. The molecule has 0 spiro atoms. The maximum absolute atomic E-state index is 13.7. The van der Waals surface area contributed by atoms with Crippen molar-refractivity contribution in [2.24, 2.45) is 0 Å². The highest BCUT2D eigenvalue weighted by Gasteiger charge is 2.16. The van der Waals surface area contributed by atoms with Gasteiger partial charge in [0.2, 0.25) is 15.9 Å². The lowest BCUT2D eigenvalue weighted by atomic mass is 10.2. The van der Waals surface area contributed by atoms with Gasteiger partial charge in [0.05, 0.1) is 17.1 Å². The molecule has 0 unspecified atom stereocenters. The lowest BCUT2D eigenvalue weighted by molar-refractivity contribution is -0.116. The summed E-state index contributed by atoms with van der Waals surface area (Å²) < 4.78 is 52.9. The first-order valence-electron chi connectivity index (χ1n) is 7.58. The summed E-state index contributed by atoms with van der Waals surface area (Å²) >= 11 is 0. The molecule has 23 heavy (non-hydrogen) atoms. The van der Waals surface area contributed by atoms with Crippen LogP contribution in [0.4, 0.5) is 20.2 Å². The number of nitrogens with one attached hydrogen (secondary N) is 2. The lowest BCUT2D eigenvalue weighted by Gasteiger charge is -2.12. The van der Waals surface area contributed by atoms with E-state index >= 15 is 0 Å². The number of amides is 1. The van der Waals surface area contributed by atoms with Crippen LogP contribution >= 0.6 is 0 Å². The number of carbonyl (C=O) groups excluding carboxylic acids is 1. The van der Waals surface area contributed by atoms with Gasteiger partial charge in [0, 0.05) is 12.5 Å². The Kier molecular flexibility index (Phi) is 7.41. The van der Waals surface area contributed by atoms with Crippen molar-refractivity contribution in [2.75, 3.05) is 15.8 Å². The Morgan fingerprint density at radius 1 is 1.04 bits per heavy atom. The Bertz CT molecular complexity index is 648. The Morgan fingerprint density at radius 2 is 1.70 bits per heavy atom. The molecule has 1 rings (SSSR count). The van der Waals surface area contributed by atoms with Crippen LogP contribution in [-0.4, -0.2) is 20.1 Å². The SMILES string of the molecule is CCCCCC(=O)Nc1cc(NS(=O)(=O)CCC)c(F)cc1F. The molecular weight excluding hydrogens is 326 g/mol. The summed E-state index contributed by atoms with van der Waals surface area (Å²) in [6, 6.07) is 1.50. The third kappa shape index (κ3) is 6.52. The zero-order chi connectivity index (χ0) is 17.5. The summed E-state index contributed by atoms with van der Waals surface area (Å²) in [4.78, 5) is 11.7. The van der Waals surface area contributed by atoms with E-state index in [2.05, 4.69) is 10.0 Å². The van der Waals surface area contributed by atoms with Gasteiger partial charge in [-0.05, 0) is 18.9 Å². The molecule has 0 saturated carbocycles. The Hall–Kier alpha value is -1.70. The van der Waals surface area contributed by atoms with E-state index in [1.165, 1.54) is 0 Å². The molecule has 0 aliphatic carbocycles. The maximum Gasteiger partial charge on any atom is 0.232 e. The summed E-state index contributed by atoms with van der Waals surface area (Å²) in [5.41, 5.74) is -0.634. The Morgan fingerprint density at radius 3 is 2.30 bits per heavy atom. The van der Waals surface area contributed by atoms with Crippen molar-refractivity contribution in [2.45, 2.75) is 46.0 Å². The smallest absolute Gasteiger partial charge is 0.232 e. The molecule has 0 aromatic heterocycles. The van der Waals surface area contributed by atoms with Crippen molar-refractivity contribution in [3.05, 3.63) is 23.8 Å². The van der Waals surface area contributed by atoms with E-state index in [0.717, 1.165) is 18.9 Å². The van der Waals surface area contributed by atoms with E-state index in [-0.39, 0.29) is 23.5 Å². The molecule has 2 N–H and O–H groups in total. The van der Waals surface area contributed by atoms with E-state index in [4.69, 9.17) is 0 Å². The molecule has 8 heteroatoms. The lowest BCUT2D eigenvalue weighted by Crippen LogP contribution is -2.18. The summed E-state index contributed by atoms with van der Waals surface area (Å²) in [6.07, 6.45) is 3.07. The first kappa shape index (κ1) is 19.3. The second-order valence-corrected chi connectivity index (χ2v) is 7.08. The molecule has 1 aromatic rings. The van der Waals surface area contributed by atoms with Gasteiger partial charge in [-0.25, -0.2) is 17.2 Å². The van der Waals surface area contributed by atoms with Gasteiger partial charge >= 0.3 is 0 Å². The number of benzene rings is 1. The number of hydrogen-bond donors (Lipinski definition) is 2. The van der Waals surface area contributed by atoms with Crippen molar-refractivity contribution in [3.8, 4) is 0 Å². The predicted octanol–water partition coefficient (Wildman–Crippen LogP) is 3.64. The quantitative estimate of drug-likeness (QED) is 0.669. The number of hydrogen-bond acceptors (Lipinski definition) is 3. The van der Waals surface area contributed by atoms with Crippen molar-refractivity contribution in [3.63, 3.8) is 0 Å². The van der Waals surface area contributed by atoms with Gasteiger partial charge in [-0.2, -0.15) is 0 Å². The normalized spacial score (nSPS) is 11.3. The zero-order valence-corrected chi connectivity index (χ0v) is 14.1. The number of rotatable bonds is 9. The highest BCUT2D eigenvalue weighted by atomic mass is 32.2. The minimum absolute atomic E-state index is 0.178. The minimum Gasteiger partial charge on any atom is -0.324 e. The number of anilines is 2. The van der Waals surface area contributed by atoms with Gasteiger partial charge in [-0.15, -0.1) is 0 Å². The molecule has 0 aliphatic heterocycles. The fourth-order valence-corrected chi connectivity index (χ4v) is 3.09. The van der Waals surface area contributed by atoms with E-state index in [0.29, 0.717) is 18.9 Å². The first-order valence-corrected chi connectivity index (χ1v) is 9.23. The third-order valence-corrected chi connectivity index (χ3v) is 4.55. The number of sulfonamides is 1. The van der Waals surface area contributed by atoms with E-state index in [9.17, 15) is 22.0 Å². The molecule has 130 valence electrons. The van der Waals surface area contributed by atoms with Crippen LogP contribution in [0, 0.1) is 11.6 Å². The second-order valence-electron chi connectivity index (χ2n) is 5.24.